The fourth-order valence-corrected chi connectivity index (χ4v) is 4.00. The van der Waals surface area contributed by atoms with Crippen LogP contribution in [0.5, 0.6) is 5.75 Å². The van der Waals surface area contributed by atoms with Crippen molar-refractivity contribution in [1.29, 1.82) is 5.26 Å². The summed E-state index contributed by atoms with van der Waals surface area (Å²) in [5.74, 6) is 0.654. The number of methoxy groups -OCH3 is 1. The number of aromatic nitrogens is 3. The van der Waals surface area contributed by atoms with Gasteiger partial charge in [-0.1, -0.05) is 12.1 Å². The normalized spacial score (nSPS) is 14.7. The van der Waals surface area contributed by atoms with Crippen LogP contribution in [-0.2, 0) is 20.2 Å². The molecule has 0 unspecified atom stereocenters. The molecule has 1 fully saturated rings. The molecular formula is C21H22N6O4S. The molecule has 166 valence electrons. The maximum atomic E-state index is 12.9. The Kier molecular flexibility index (Phi) is 5.58. The zero-order valence-electron chi connectivity index (χ0n) is 17.6. The van der Waals surface area contributed by atoms with E-state index in [9.17, 15) is 18.5 Å². The van der Waals surface area contributed by atoms with Gasteiger partial charge in [-0.05, 0) is 37.1 Å². The van der Waals surface area contributed by atoms with Gasteiger partial charge in [0.1, 0.15) is 5.41 Å². The molecule has 1 amide bonds. The Morgan fingerprint density at radius 3 is 2.72 bits per heavy atom. The van der Waals surface area contributed by atoms with Crippen LogP contribution in [0.2, 0.25) is 0 Å². The first-order valence-corrected chi connectivity index (χ1v) is 11.8. The molecule has 0 saturated heterocycles. The first kappa shape index (κ1) is 21.7. The number of sulfonamides is 1. The van der Waals surface area contributed by atoms with E-state index in [1.807, 2.05) is 12.1 Å². The van der Waals surface area contributed by atoms with Crippen LogP contribution in [-0.4, -0.2) is 55.4 Å². The van der Waals surface area contributed by atoms with Gasteiger partial charge in [-0.25, -0.2) is 22.6 Å². The van der Waals surface area contributed by atoms with Crippen molar-refractivity contribution in [3.63, 3.8) is 0 Å². The second kappa shape index (κ2) is 8.22. The summed E-state index contributed by atoms with van der Waals surface area (Å²) in [7, 11) is -1.78. The molecule has 1 aliphatic rings. The zero-order valence-corrected chi connectivity index (χ0v) is 18.4. The smallest absolute Gasteiger partial charge is 0.234 e. The number of nitrogens with zero attached hydrogens (tertiary/aromatic N) is 4. The molecule has 0 radical (unpaired) electrons. The lowest BCUT2D eigenvalue weighted by Gasteiger charge is -2.12. The number of hydrogen-bond donors (Lipinski definition) is 2. The molecule has 2 aromatic heterocycles. The Labute approximate surface area is 185 Å². The third-order valence-corrected chi connectivity index (χ3v) is 6.07. The van der Waals surface area contributed by atoms with Crippen molar-refractivity contribution >= 4 is 21.6 Å². The van der Waals surface area contributed by atoms with Crippen LogP contribution in [0.25, 0.3) is 16.9 Å². The molecule has 3 aromatic rings. The third kappa shape index (κ3) is 4.15. The van der Waals surface area contributed by atoms with E-state index in [-0.39, 0.29) is 19.0 Å². The van der Waals surface area contributed by atoms with Gasteiger partial charge in [0.15, 0.2) is 17.2 Å². The van der Waals surface area contributed by atoms with Gasteiger partial charge < -0.3 is 10.1 Å². The molecule has 0 bridgehead atoms. The molecule has 2 heterocycles. The average molecular weight is 455 g/mol. The van der Waals surface area contributed by atoms with Gasteiger partial charge in [-0.2, -0.15) is 5.26 Å². The molecule has 4 rings (SSSR count). The monoisotopic (exact) mass is 454 g/mol. The Hall–Kier alpha value is -3.49. The van der Waals surface area contributed by atoms with Crippen LogP contribution in [0, 0.1) is 11.3 Å². The molecule has 0 aliphatic heterocycles. The van der Waals surface area contributed by atoms with E-state index in [1.165, 1.54) is 7.11 Å². The summed E-state index contributed by atoms with van der Waals surface area (Å²) >= 11 is 0. The second-order valence-electron chi connectivity index (χ2n) is 7.65. The van der Waals surface area contributed by atoms with Crippen LogP contribution in [0.3, 0.4) is 0 Å². The van der Waals surface area contributed by atoms with Gasteiger partial charge in [-0.15, -0.1) is 5.10 Å². The number of amides is 1. The van der Waals surface area contributed by atoms with E-state index < -0.39 is 15.4 Å². The Morgan fingerprint density at radius 2 is 2.06 bits per heavy atom. The second-order valence-corrected chi connectivity index (χ2v) is 9.49. The van der Waals surface area contributed by atoms with Crippen molar-refractivity contribution in [2.75, 3.05) is 26.5 Å². The largest absolute Gasteiger partial charge is 0.493 e. The average Bonchev–Trinajstić information content (AvgIpc) is 3.47. The number of nitrogens with one attached hydrogen (secondary N) is 2. The SMILES string of the molecule is COc1ccc(-c2cccc(C#N)c2)n2nc(C3(C(=O)NCCNS(C)(=O)=O)CC3)nc12. The van der Waals surface area contributed by atoms with Crippen LogP contribution in [0.15, 0.2) is 36.4 Å². The van der Waals surface area contributed by atoms with Crippen molar-refractivity contribution in [1.82, 2.24) is 24.6 Å². The molecule has 0 atom stereocenters. The Bertz CT molecular complexity index is 1340. The third-order valence-electron chi connectivity index (χ3n) is 5.34. The number of nitriles is 1. The molecule has 0 spiro atoms. The van der Waals surface area contributed by atoms with Crippen molar-refractivity contribution in [2.24, 2.45) is 0 Å². The van der Waals surface area contributed by atoms with Gasteiger partial charge in [0.2, 0.25) is 15.9 Å². The molecular weight excluding hydrogens is 432 g/mol. The zero-order chi connectivity index (χ0) is 22.9. The summed E-state index contributed by atoms with van der Waals surface area (Å²) in [6, 6.07) is 12.9. The minimum Gasteiger partial charge on any atom is -0.493 e. The lowest BCUT2D eigenvalue weighted by Crippen LogP contribution is -2.40. The summed E-state index contributed by atoms with van der Waals surface area (Å²) in [4.78, 5) is 17.5. The summed E-state index contributed by atoms with van der Waals surface area (Å²) in [6.07, 6.45) is 2.25. The number of pyridine rings is 1. The maximum absolute atomic E-state index is 12.9. The molecule has 1 saturated carbocycles. The molecule has 2 N–H and O–H groups in total. The number of fused-ring (bicyclic) bond motifs is 1. The highest BCUT2D eigenvalue weighted by Gasteiger charge is 2.54. The predicted molar refractivity (Wildman–Crippen MR) is 116 cm³/mol. The summed E-state index contributed by atoms with van der Waals surface area (Å²) in [5.41, 5.74) is 1.64. The summed E-state index contributed by atoms with van der Waals surface area (Å²) in [5, 5.41) is 16.6. The van der Waals surface area contributed by atoms with Crippen molar-refractivity contribution in [3.05, 3.63) is 47.8 Å². The molecule has 32 heavy (non-hydrogen) atoms. The van der Waals surface area contributed by atoms with E-state index in [0.29, 0.717) is 41.3 Å². The molecule has 11 heteroatoms. The number of ether oxygens (including phenoxy) is 1. The summed E-state index contributed by atoms with van der Waals surface area (Å²) < 4.78 is 31.8. The van der Waals surface area contributed by atoms with E-state index in [1.54, 1.807) is 28.8 Å². The van der Waals surface area contributed by atoms with E-state index in [0.717, 1.165) is 11.8 Å². The molecule has 1 aromatic carbocycles. The number of rotatable bonds is 8. The first-order valence-electron chi connectivity index (χ1n) is 9.95. The first-order chi connectivity index (χ1) is 15.3. The lowest BCUT2D eigenvalue weighted by atomic mass is 10.1. The minimum atomic E-state index is -3.32. The highest BCUT2D eigenvalue weighted by atomic mass is 32.2. The molecule has 10 nitrogen and oxygen atoms in total. The quantitative estimate of drug-likeness (QED) is 0.484. The highest BCUT2D eigenvalue weighted by molar-refractivity contribution is 7.88. The lowest BCUT2D eigenvalue weighted by molar-refractivity contribution is -0.123. The fraction of sp³-hybridized carbons (Fsp3) is 0.333. The standard InChI is InChI=1S/C21H22N6O4S/c1-31-17-7-6-16(15-5-3-4-14(12-15)13-22)27-18(17)25-19(26-27)21(8-9-21)20(28)23-10-11-24-32(2,29)30/h3-7,12,24H,8-11H2,1-2H3,(H,23,28). The van der Waals surface area contributed by atoms with Gasteiger partial charge in [0.05, 0.1) is 30.7 Å². The highest BCUT2D eigenvalue weighted by Crippen LogP contribution is 2.47. The van der Waals surface area contributed by atoms with Crippen LogP contribution in [0.4, 0.5) is 0 Å². The van der Waals surface area contributed by atoms with E-state index in [2.05, 4.69) is 26.2 Å². The van der Waals surface area contributed by atoms with Crippen LogP contribution in [0.1, 0.15) is 24.2 Å². The van der Waals surface area contributed by atoms with Gasteiger partial charge in [0.25, 0.3) is 0 Å². The number of hydrogen-bond acceptors (Lipinski definition) is 7. The fourth-order valence-electron chi connectivity index (χ4n) is 3.53. The Morgan fingerprint density at radius 1 is 1.28 bits per heavy atom. The maximum Gasteiger partial charge on any atom is 0.234 e. The predicted octanol–water partition coefficient (Wildman–Crippen LogP) is 0.974. The van der Waals surface area contributed by atoms with E-state index >= 15 is 0 Å². The minimum absolute atomic E-state index is 0.104. The Balaban J connectivity index is 1.67. The number of carbonyl (C=O) groups is 1. The van der Waals surface area contributed by atoms with Crippen molar-refractivity contribution in [3.8, 4) is 23.1 Å². The van der Waals surface area contributed by atoms with E-state index in [4.69, 9.17) is 4.74 Å². The van der Waals surface area contributed by atoms with Crippen molar-refractivity contribution < 1.29 is 17.9 Å². The van der Waals surface area contributed by atoms with Crippen LogP contribution < -0.4 is 14.8 Å². The van der Waals surface area contributed by atoms with Crippen LogP contribution >= 0.6 is 0 Å². The summed E-state index contributed by atoms with van der Waals surface area (Å²) in [6.45, 7) is 0.267. The van der Waals surface area contributed by atoms with Crippen molar-refractivity contribution in [2.45, 2.75) is 18.3 Å². The molecule has 1 aliphatic carbocycles. The number of benzene rings is 1. The van der Waals surface area contributed by atoms with Gasteiger partial charge in [0, 0.05) is 18.7 Å². The topological polar surface area (TPSA) is 138 Å². The number of carbonyl (C=O) groups excluding carboxylic acids is 1. The van der Waals surface area contributed by atoms with Gasteiger partial charge >= 0.3 is 0 Å². The van der Waals surface area contributed by atoms with Gasteiger partial charge in [-0.3, -0.25) is 4.79 Å².